The number of unbranched alkanes of at least 4 members (excludes halogenated alkanes) is 1. The second-order valence-electron chi connectivity index (χ2n) is 5.32. The van der Waals surface area contributed by atoms with Crippen molar-refractivity contribution in [2.45, 2.75) is 52.4 Å². The van der Waals surface area contributed by atoms with Gasteiger partial charge in [-0.1, -0.05) is 52.3 Å². The fourth-order valence-electron chi connectivity index (χ4n) is 1.67. The van der Waals surface area contributed by atoms with Gasteiger partial charge in [-0.25, -0.2) is 0 Å². The van der Waals surface area contributed by atoms with Crippen LogP contribution < -0.4 is 4.74 Å². The van der Waals surface area contributed by atoms with Crippen molar-refractivity contribution in [3.8, 4) is 5.75 Å². The van der Waals surface area contributed by atoms with Gasteiger partial charge in [0.2, 0.25) is 0 Å². The summed E-state index contributed by atoms with van der Waals surface area (Å²) in [6.07, 6.45) is 2.39. The molecule has 0 aliphatic rings. The number of hydrogen-bond donors (Lipinski definition) is 0. The van der Waals surface area contributed by atoms with Gasteiger partial charge in [0, 0.05) is 12.0 Å². The first-order valence-electron chi connectivity index (χ1n) is 6.25. The Morgan fingerprint density at radius 3 is 2.47 bits per heavy atom. The van der Waals surface area contributed by atoms with Gasteiger partial charge in [0.1, 0.15) is 5.75 Å². The zero-order valence-corrected chi connectivity index (χ0v) is 11.2. The summed E-state index contributed by atoms with van der Waals surface area (Å²) < 4.78 is 5.44. The molecule has 1 aromatic carbocycles. The number of hydrogen-bond acceptors (Lipinski definition) is 2. The largest absolute Gasteiger partial charge is 0.426 e. The molecule has 0 saturated heterocycles. The van der Waals surface area contributed by atoms with Crippen LogP contribution in [-0.4, -0.2) is 5.97 Å². The number of carbonyl (C=O) groups is 1. The molecule has 0 bridgehead atoms. The minimum Gasteiger partial charge on any atom is -0.426 e. The first-order chi connectivity index (χ1) is 7.95. The number of benzene rings is 1. The van der Waals surface area contributed by atoms with E-state index in [-0.39, 0.29) is 11.4 Å². The Kier molecular flexibility index (Phi) is 4.73. The molecule has 0 fully saturated rings. The molecule has 17 heavy (non-hydrogen) atoms. The molecule has 0 spiro atoms. The van der Waals surface area contributed by atoms with Crippen LogP contribution >= 0.6 is 0 Å². The Balaban J connectivity index is 2.81. The maximum absolute atomic E-state index is 11.6. The monoisotopic (exact) mass is 234 g/mol. The summed E-state index contributed by atoms with van der Waals surface area (Å²) in [6.45, 7) is 8.42. The first-order valence-corrected chi connectivity index (χ1v) is 6.25. The van der Waals surface area contributed by atoms with Gasteiger partial charge in [0.15, 0.2) is 0 Å². The average Bonchev–Trinajstić information content (AvgIpc) is 2.25. The molecule has 1 aromatic rings. The van der Waals surface area contributed by atoms with E-state index in [9.17, 15) is 4.79 Å². The molecule has 0 N–H and O–H groups in total. The van der Waals surface area contributed by atoms with Crippen molar-refractivity contribution in [1.29, 1.82) is 0 Å². The van der Waals surface area contributed by atoms with Crippen molar-refractivity contribution >= 4 is 5.97 Å². The van der Waals surface area contributed by atoms with Crippen molar-refractivity contribution in [3.63, 3.8) is 0 Å². The van der Waals surface area contributed by atoms with Crippen molar-refractivity contribution < 1.29 is 9.53 Å². The zero-order chi connectivity index (χ0) is 12.9. The van der Waals surface area contributed by atoms with Crippen LogP contribution in [0.2, 0.25) is 0 Å². The van der Waals surface area contributed by atoms with E-state index in [1.165, 1.54) is 0 Å². The summed E-state index contributed by atoms with van der Waals surface area (Å²) in [5.74, 6) is 0.560. The van der Waals surface area contributed by atoms with Crippen LogP contribution in [0.3, 0.4) is 0 Å². The van der Waals surface area contributed by atoms with E-state index in [4.69, 9.17) is 4.74 Å². The van der Waals surface area contributed by atoms with E-state index in [1.807, 2.05) is 24.3 Å². The van der Waals surface area contributed by atoms with Gasteiger partial charge in [-0.15, -0.1) is 0 Å². The minimum atomic E-state index is -0.136. The Morgan fingerprint density at radius 2 is 1.88 bits per heavy atom. The van der Waals surface area contributed by atoms with Gasteiger partial charge >= 0.3 is 5.97 Å². The lowest BCUT2D eigenvalue weighted by molar-refractivity contribution is -0.134. The van der Waals surface area contributed by atoms with Crippen LogP contribution in [0.25, 0.3) is 0 Å². The van der Waals surface area contributed by atoms with E-state index in [2.05, 4.69) is 27.7 Å². The molecule has 0 aromatic heterocycles. The smallest absolute Gasteiger partial charge is 0.311 e. The Hall–Kier alpha value is -1.31. The molecule has 0 unspecified atom stereocenters. The number of rotatable bonds is 4. The molecule has 0 aliphatic heterocycles. The maximum Gasteiger partial charge on any atom is 0.311 e. The molecule has 2 nitrogen and oxygen atoms in total. The minimum absolute atomic E-state index is 0.0123. The normalized spacial score (nSPS) is 11.3. The van der Waals surface area contributed by atoms with Gasteiger partial charge < -0.3 is 4.74 Å². The highest BCUT2D eigenvalue weighted by molar-refractivity contribution is 5.72. The zero-order valence-electron chi connectivity index (χ0n) is 11.2. The van der Waals surface area contributed by atoms with E-state index in [0.29, 0.717) is 12.2 Å². The predicted molar refractivity (Wildman–Crippen MR) is 70.3 cm³/mol. The molecule has 1 rings (SSSR count). The van der Waals surface area contributed by atoms with Gasteiger partial charge in [0.05, 0.1) is 0 Å². The maximum atomic E-state index is 11.6. The van der Waals surface area contributed by atoms with E-state index in [0.717, 1.165) is 18.4 Å². The quantitative estimate of drug-likeness (QED) is 0.579. The summed E-state index contributed by atoms with van der Waals surface area (Å²) in [6, 6.07) is 7.76. The van der Waals surface area contributed by atoms with E-state index >= 15 is 0 Å². The molecule has 2 heteroatoms. The average molecular weight is 234 g/mol. The molecule has 0 aliphatic carbocycles. The summed E-state index contributed by atoms with van der Waals surface area (Å²) >= 11 is 0. The van der Waals surface area contributed by atoms with Gasteiger partial charge in [0.25, 0.3) is 0 Å². The standard InChI is InChI=1S/C15H22O2/c1-5-6-11-14(16)17-13-10-8-7-9-12(13)15(2,3)4/h7-10H,5-6,11H2,1-4H3. The van der Waals surface area contributed by atoms with Crippen LogP contribution in [0.15, 0.2) is 24.3 Å². The van der Waals surface area contributed by atoms with Crippen molar-refractivity contribution in [2.24, 2.45) is 0 Å². The van der Waals surface area contributed by atoms with Crippen LogP contribution in [0.4, 0.5) is 0 Å². The highest BCUT2D eigenvalue weighted by Gasteiger charge is 2.19. The second kappa shape index (κ2) is 5.85. The fourth-order valence-corrected chi connectivity index (χ4v) is 1.67. The lowest BCUT2D eigenvalue weighted by Gasteiger charge is -2.22. The van der Waals surface area contributed by atoms with Crippen molar-refractivity contribution in [2.75, 3.05) is 0 Å². The summed E-state index contributed by atoms with van der Waals surface area (Å²) in [5, 5.41) is 0. The van der Waals surface area contributed by atoms with Gasteiger partial charge in [-0.05, 0) is 17.9 Å². The number of carbonyl (C=O) groups excluding carboxylic acids is 1. The summed E-state index contributed by atoms with van der Waals surface area (Å²) in [5.41, 5.74) is 1.06. The van der Waals surface area contributed by atoms with Crippen LogP contribution in [0.1, 0.15) is 52.5 Å². The van der Waals surface area contributed by atoms with Crippen LogP contribution in [-0.2, 0) is 10.2 Å². The van der Waals surface area contributed by atoms with Crippen LogP contribution in [0.5, 0.6) is 5.75 Å². The van der Waals surface area contributed by atoms with Crippen molar-refractivity contribution in [3.05, 3.63) is 29.8 Å². The van der Waals surface area contributed by atoms with Crippen LogP contribution in [0, 0.1) is 0 Å². The van der Waals surface area contributed by atoms with Gasteiger partial charge in [-0.2, -0.15) is 0 Å². The Morgan fingerprint density at radius 1 is 1.24 bits per heavy atom. The molecule has 0 radical (unpaired) electrons. The third-order valence-electron chi connectivity index (χ3n) is 2.65. The molecule has 0 atom stereocenters. The predicted octanol–water partition coefficient (Wildman–Crippen LogP) is 4.08. The first kappa shape index (κ1) is 13.8. The topological polar surface area (TPSA) is 26.3 Å². The third-order valence-corrected chi connectivity index (χ3v) is 2.65. The molecule has 0 heterocycles. The highest BCUT2D eigenvalue weighted by atomic mass is 16.5. The Labute approximate surface area is 104 Å². The van der Waals surface area contributed by atoms with Gasteiger partial charge in [-0.3, -0.25) is 4.79 Å². The van der Waals surface area contributed by atoms with Crippen molar-refractivity contribution in [1.82, 2.24) is 0 Å². The number of ether oxygens (including phenoxy) is 1. The molecule has 0 saturated carbocycles. The lowest BCUT2D eigenvalue weighted by atomic mass is 9.86. The molecule has 0 amide bonds. The highest BCUT2D eigenvalue weighted by Crippen LogP contribution is 2.31. The third kappa shape index (κ3) is 4.22. The van der Waals surface area contributed by atoms with E-state index < -0.39 is 0 Å². The second-order valence-corrected chi connectivity index (χ2v) is 5.32. The fraction of sp³-hybridized carbons (Fsp3) is 0.533. The molecule has 94 valence electrons. The molecular weight excluding hydrogens is 212 g/mol. The lowest BCUT2D eigenvalue weighted by Crippen LogP contribution is -2.16. The SMILES string of the molecule is CCCCC(=O)Oc1ccccc1C(C)(C)C. The molecular formula is C15H22O2. The summed E-state index contributed by atoms with van der Waals surface area (Å²) in [7, 11) is 0. The number of para-hydroxylation sites is 1. The number of esters is 1. The Bertz CT molecular complexity index is 375. The summed E-state index contributed by atoms with van der Waals surface area (Å²) in [4.78, 5) is 11.6. The van der Waals surface area contributed by atoms with E-state index in [1.54, 1.807) is 0 Å².